The van der Waals surface area contributed by atoms with Gasteiger partial charge in [-0.3, -0.25) is 14.7 Å². The van der Waals surface area contributed by atoms with Crippen molar-refractivity contribution in [3.05, 3.63) is 29.8 Å². The van der Waals surface area contributed by atoms with Crippen molar-refractivity contribution in [1.82, 2.24) is 15.5 Å². The van der Waals surface area contributed by atoms with Crippen LogP contribution in [-0.4, -0.2) is 49.5 Å². The molecule has 7 heteroatoms. The maximum atomic E-state index is 11.8. The van der Waals surface area contributed by atoms with Gasteiger partial charge in [0.1, 0.15) is 0 Å². The second-order valence-corrected chi connectivity index (χ2v) is 7.44. The molecule has 1 aromatic rings. The average molecular weight is 515 g/mol. The van der Waals surface area contributed by atoms with Gasteiger partial charge in [0, 0.05) is 44.8 Å². The summed E-state index contributed by atoms with van der Waals surface area (Å²) in [5.41, 5.74) is 1.95. The molecule has 1 saturated heterocycles. The normalized spacial score (nSPS) is 17.3. The number of anilines is 1. The number of benzene rings is 1. The van der Waals surface area contributed by atoms with E-state index < -0.39 is 0 Å². The SMILES string of the molecule is CCCC(=O)Nc1cccc(CNC(=NC)NCCN2CCCCC2CC)c1.I. The number of nitrogens with zero attached hydrogens (tertiary/aromatic N) is 2. The predicted molar refractivity (Wildman–Crippen MR) is 133 cm³/mol. The predicted octanol–water partition coefficient (Wildman–Crippen LogP) is 3.97. The van der Waals surface area contributed by atoms with Gasteiger partial charge in [0.15, 0.2) is 5.96 Å². The lowest BCUT2D eigenvalue weighted by Gasteiger charge is -2.35. The zero-order valence-electron chi connectivity index (χ0n) is 18.2. The molecule has 1 unspecified atom stereocenters. The monoisotopic (exact) mass is 515 g/mol. The van der Waals surface area contributed by atoms with Gasteiger partial charge >= 0.3 is 0 Å². The lowest BCUT2D eigenvalue weighted by atomic mass is 10.0. The van der Waals surface area contributed by atoms with E-state index >= 15 is 0 Å². The first-order valence-corrected chi connectivity index (χ1v) is 10.7. The van der Waals surface area contributed by atoms with E-state index in [1.165, 1.54) is 32.2 Å². The maximum absolute atomic E-state index is 11.8. The Balaban J connectivity index is 0.00000420. The first kappa shape index (κ1) is 25.7. The molecular weight excluding hydrogens is 477 g/mol. The average Bonchev–Trinajstić information content (AvgIpc) is 2.71. The number of carbonyl (C=O) groups is 1. The molecule has 0 aromatic heterocycles. The van der Waals surface area contributed by atoms with Crippen molar-refractivity contribution in [1.29, 1.82) is 0 Å². The molecular formula is C22H38IN5O. The molecule has 0 saturated carbocycles. The molecule has 0 bridgehead atoms. The van der Waals surface area contributed by atoms with Crippen molar-refractivity contribution in [2.75, 3.05) is 32.0 Å². The minimum absolute atomic E-state index is 0. The lowest BCUT2D eigenvalue weighted by Crippen LogP contribution is -2.45. The van der Waals surface area contributed by atoms with Gasteiger partial charge in [-0.15, -0.1) is 24.0 Å². The van der Waals surface area contributed by atoms with E-state index in [1.807, 2.05) is 25.1 Å². The summed E-state index contributed by atoms with van der Waals surface area (Å²) in [5, 5.41) is 9.73. The molecule has 1 aliphatic rings. The van der Waals surface area contributed by atoms with Crippen LogP contribution >= 0.6 is 24.0 Å². The molecule has 29 heavy (non-hydrogen) atoms. The van der Waals surface area contributed by atoms with Crippen LogP contribution in [0.1, 0.15) is 57.9 Å². The molecule has 6 nitrogen and oxygen atoms in total. The fourth-order valence-electron chi connectivity index (χ4n) is 3.75. The smallest absolute Gasteiger partial charge is 0.224 e. The van der Waals surface area contributed by atoms with Crippen molar-refractivity contribution in [2.45, 2.75) is 65.0 Å². The van der Waals surface area contributed by atoms with Gasteiger partial charge in [-0.1, -0.05) is 32.4 Å². The number of halogens is 1. The van der Waals surface area contributed by atoms with Gasteiger partial charge in [0.25, 0.3) is 0 Å². The third-order valence-corrected chi connectivity index (χ3v) is 5.28. The van der Waals surface area contributed by atoms with Crippen LogP contribution in [0.25, 0.3) is 0 Å². The summed E-state index contributed by atoms with van der Waals surface area (Å²) in [5.74, 6) is 0.874. The molecule has 1 atom stereocenters. The summed E-state index contributed by atoms with van der Waals surface area (Å²) in [6.07, 6.45) is 6.64. The van der Waals surface area contributed by atoms with E-state index in [4.69, 9.17) is 0 Å². The maximum Gasteiger partial charge on any atom is 0.224 e. The Kier molecular flexibility index (Phi) is 12.9. The Morgan fingerprint density at radius 2 is 2.07 bits per heavy atom. The highest BCUT2D eigenvalue weighted by atomic mass is 127. The summed E-state index contributed by atoms with van der Waals surface area (Å²) in [6, 6.07) is 8.68. The van der Waals surface area contributed by atoms with Crippen LogP contribution < -0.4 is 16.0 Å². The van der Waals surface area contributed by atoms with Crippen LogP contribution in [0.4, 0.5) is 5.69 Å². The number of piperidine rings is 1. The summed E-state index contributed by atoms with van der Waals surface area (Å²) in [6.45, 7) is 8.12. The topological polar surface area (TPSA) is 68.8 Å². The molecule has 0 spiro atoms. The first-order valence-electron chi connectivity index (χ1n) is 10.7. The molecule has 164 valence electrons. The molecule has 1 heterocycles. The van der Waals surface area contributed by atoms with Crippen molar-refractivity contribution < 1.29 is 4.79 Å². The highest BCUT2D eigenvalue weighted by Crippen LogP contribution is 2.18. The number of hydrogen-bond donors (Lipinski definition) is 3. The quantitative estimate of drug-likeness (QED) is 0.265. The molecule has 1 aromatic carbocycles. The van der Waals surface area contributed by atoms with Gasteiger partial charge in [0.2, 0.25) is 5.91 Å². The molecule has 3 N–H and O–H groups in total. The fraction of sp³-hybridized carbons (Fsp3) is 0.636. The van der Waals surface area contributed by atoms with Crippen LogP contribution in [0.15, 0.2) is 29.3 Å². The van der Waals surface area contributed by atoms with E-state index in [1.54, 1.807) is 7.05 Å². The van der Waals surface area contributed by atoms with Crippen molar-refractivity contribution in [3.63, 3.8) is 0 Å². The Hall–Kier alpha value is -1.35. The fourth-order valence-corrected chi connectivity index (χ4v) is 3.75. The second kappa shape index (κ2) is 14.6. The lowest BCUT2D eigenvalue weighted by molar-refractivity contribution is -0.116. The zero-order valence-corrected chi connectivity index (χ0v) is 20.5. The second-order valence-electron chi connectivity index (χ2n) is 7.44. The third-order valence-electron chi connectivity index (χ3n) is 5.28. The van der Waals surface area contributed by atoms with Crippen molar-refractivity contribution >= 4 is 41.5 Å². The van der Waals surface area contributed by atoms with E-state index in [0.29, 0.717) is 13.0 Å². The van der Waals surface area contributed by atoms with E-state index in [0.717, 1.165) is 42.8 Å². The minimum atomic E-state index is 0. The van der Waals surface area contributed by atoms with Crippen LogP contribution in [0.3, 0.4) is 0 Å². The Bertz CT molecular complexity index is 637. The number of nitrogens with one attached hydrogen (secondary N) is 3. The van der Waals surface area contributed by atoms with Crippen LogP contribution in [0.5, 0.6) is 0 Å². The molecule has 1 amide bonds. The zero-order chi connectivity index (χ0) is 20.2. The van der Waals surface area contributed by atoms with Crippen molar-refractivity contribution in [2.24, 2.45) is 4.99 Å². The molecule has 0 aliphatic carbocycles. The Morgan fingerprint density at radius 3 is 2.79 bits per heavy atom. The van der Waals surface area contributed by atoms with Gasteiger partial charge in [-0.25, -0.2) is 0 Å². The number of amides is 1. The molecule has 2 rings (SSSR count). The standard InChI is InChI=1S/C22H37N5O.HI/c1-4-9-21(28)26-19-11-8-10-18(16-19)17-25-22(23-3)24-13-15-27-14-7-6-12-20(27)5-2;/h8,10-11,16,20H,4-7,9,12-15,17H2,1-3H3,(H,26,28)(H2,23,24,25);1H. The van der Waals surface area contributed by atoms with Gasteiger partial charge in [-0.2, -0.15) is 0 Å². The molecule has 0 radical (unpaired) electrons. The number of likely N-dealkylation sites (tertiary alicyclic amines) is 1. The van der Waals surface area contributed by atoms with Gasteiger partial charge < -0.3 is 16.0 Å². The molecule has 1 aliphatic heterocycles. The number of guanidine groups is 1. The Morgan fingerprint density at radius 1 is 1.24 bits per heavy atom. The molecule has 1 fully saturated rings. The van der Waals surface area contributed by atoms with E-state index in [2.05, 4.69) is 38.8 Å². The van der Waals surface area contributed by atoms with E-state index in [9.17, 15) is 4.79 Å². The summed E-state index contributed by atoms with van der Waals surface area (Å²) >= 11 is 0. The highest BCUT2D eigenvalue weighted by Gasteiger charge is 2.19. The van der Waals surface area contributed by atoms with Crippen LogP contribution in [0.2, 0.25) is 0 Å². The van der Waals surface area contributed by atoms with E-state index in [-0.39, 0.29) is 29.9 Å². The highest BCUT2D eigenvalue weighted by molar-refractivity contribution is 14.0. The van der Waals surface area contributed by atoms with Crippen molar-refractivity contribution in [3.8, 4) is 0 Å². The number of hydrogen-bond acceptors (Lipinski definition) is 3. The van der Waals surface area contributed by atoms with Crippen LogP contribution in [-0.2, 0) is 11.3 Å². The number of aliphatic imine (C=N–C) groups is 1. The number of carbonyl (C=O) groups excluding carboxylic acids is 1. The Labute approximate surface area is 193 Å². The van der Waals surface area contributed by atoms with Gasteiger partial charge in [0.05, 0.1) is 0 Å². The third kappa shape index (κ3) is 9.33. The van der Waals surface area contributed by atoms with Gasteiger partial charge in [-0.05, 0) is 49.9 Å². The summed E-state index contributed by atoms with van der Waals surface area (Å²) < 4.78 is 0. The summed E-state index contributed by atoms with van der Waals surface area (Å²) in [7, 11) is 1.80. The minimum Gasteiger partial charge on any atom is -0.355 e. The number of rotatable bonds is 9. The largest absolute Gasteiger partial charge is 0.355 e. The summed E-state index contributed by atoms with van der Waals surface area (Å²) in [4.78, 5) is 18.7. The van der Waals surface area contributed by atoms with Crippen LogP contribution in [0, 0.1) is 0 Å². The first-order chi connectivity index (χ1) is 13.7.